The third-order valence-corrected chi connectivity index (χ3v) is 3.80. The van der Waals surface area contributed by atoms with Crippen LogP contribution in [0.1, 0.15) is 24.5 Å². The second-order valence-electron chi connectivity index (χ2n) is 5.21. The van der Waals surface area contributed by atoms with Gasteiger partial charge in [-0.05, 0) is 24.1 Å². The molecular weight excluding hydrogens is 327 g/mol. The van der Waals surface area contributed by atoms with E-state index in [0.29, 0.717) is 38.2 Å². The lowest BCUT2D eigenvalue weighted by Crippen LogP contribution is -2.47. The van der Waals surface area contributed by atoms with Crippen LogP contribution in [-0.4, -0.2) is 48.2 Å². The number of carbonyl (C=O) groups is 2. The summed E-state index contributed by atoms with van der Waals surface area (Å²) in [4.78, 5) is 24.1. The van der Waals surface area contributed by atoms with Crippen molar-refractivity contribution < 1.29 is 23.8 Å². The van der Waals surface area contributed by atoms with Crippen molar-refractivity contribution in [3.05, 3.63) is 34.6 Å². The maximum Gasteiger partial charge on any atom is 0.317 e. The monoisotopic (exact) mass is 344 g/mol. The van der Waals surface area contributed by atoms with E-state index in [0.717, 1.165) is 0 Å². The van der Waals surface area contributed by atoms with Gasteiger partial charge in [-0.2, -0.15) is 0 Å². The van der Waals surface area contributed by atoms with E-state index in [1.165, 1.54) is 12.1 Å². The number of carboxylic acid groups (broad SMARTS) is 1. The van der Waals surface area contributed by atoms with Gasteiger partial charge in [0.25, 0.3) is 0 Å². The number of benzene rings is 1. The SMILES string of the molecule is O=C(O)CCCNC(=O)N1CCOC(c2ccc(F)c(Cl)c2)C1. The molecule has 2 N–H and O–H groups in total. The molecule has 2 rings (SSSR count). The average molecular weight is 345 g/mol. The number of carbonyl (C=O) groups excluding carboxylic acids is 1. The Bertz CT molecular complexity index is 585. The molecule has 1 aromatic rings. The van der Waals surface area contributed by atoms with Gasteiger partial charge in [-0.3, -0.25) is 4.79 Å². The number of morpholine rings is 1. The number of amides is 2. The molecule has 1 unspecified atom stereocenters. The van der Waals surface area contributed by atoms with Gasteiger partial charge in [0.2, 0.25) is 0 Å². The summed E-state index contributed by atoms with van der Waals surface area (Å²) in [7, 11) is 0. The van der Waals surface area contributed by atoms with E-state index in [2.05, 4.69) is 5.32 Å². The van der Waals surface area contributed by atoms with E-state index in [-0.39, 0.29) is 23.6 Å². The van der Waals surface area contributed by atoms with Gasteiger partial charge in [0.05, 0.1) is 18.2 Å². The number of hydrogen-bond donors (Lipinski definition) is 2. The zero-order chi connectivity index (χ0) is 16.8. The Balaban J connectivity index is 1.88. The third-order valence-electron chi connectivity index (χ3n) is 3.51. The molecule has 1 aromatic carbocycles. The fraction of sp³-hybridized carbons (Fsp3) is 0.467. The molecule has 0 saturated carbocycles. The zero-order valence-corrected chi connectivity index (χ0v) is 13.2. The molecule has 1 fully saturated rings. The molecule has 6 nitrogen and oxygen atoms in total. The lowest BCUT2D eigenvalue weighted by molar-refractivity contribution is -0.137. The van der Waals surface area contributed by atoms with Crippen molar-refractivity contribution in [3.63, 3.8) is 0 Å². The van der Waals surface area contributed by atoms with Gasteiger partial charge in [-0.15, -0.1) is 0 Å². The van der Waals surface area contributed by atoms with Crippen molar-refractivity contribution in [2.45, 2.75) is 18.9 Å². The van der Waals surface area contributed by atoms with Crippen LogP contribution in [0.3, 0.4) is 0 Å². The first-order chi connectivity index (χ1) is 11.0. The number of nitrogens with zero attached hydrogens (tertiary/aromatic N) is 1. The van der Waals surface area contributed by atoms with Gasteiger partial charge >= 0.3 is 12.0 Å². The number of urea groups is 1. The number of rotatable bonds is 5. The highest BCUT2D eigenvalue weighted by Gasteiger charge is 2.25. The molecule has 0 aliphatic carbocycles. The molecule has 1 heterocycles. The lowest BCUT2D eigenvalue weighted by Gasteiger charge is -2.33. The number of carboxylic acids is 1. The first-order valence-electron chi connectivity index (χ1n) is 7.28. The summed E-state index contributed by atoms with van der Waals surface area (Å²) in [6.45, 7) is 1.43. The third kappa shape index (κ3) is 5.07. The van der Waals surface area contributed by atoms with Crippen LogP contribution in [0.4, 0.5) is 9.18 Å². The Labute approximate surface area is 138 Å². The van der Waals surface area contributed by atoms with Gasteiger partial charge in [0.1, 0.15) is 11.9 Å². The number of nitrogens with one attached hydrogen (secondary N) is 1. The van der Waals surface area contributed by atoms with Crippen LogP contribution >= 0.6 is 11.6 Å². The van der Waals surface area contributed by atoms with E-state index in [4.69, 9.17) is 21.4 Å². The molecule has 0 aromatic heterocycles. The van der Waals surface area contributed by atoms with Crippen LogP contribution in [0.2, 0.25) is 5.02 Å². The maximum absolute atomic E-state index is 13.2. The van der Waals surface area contributed by atoms with Gasteiger partial charge in [-0.1, -0.05) is 17.7 Å². The van der Waals surface area contributed by atoms with Crippen LogP contribution in [0.15, 0.2) is 18.2 Å². The summed E-state index contributed by atoms with van der Waals surface area (Å²) in [5.74, 6) is -1.39. The second kappa shape index (κ2) is 8.12. The van der Waals surface area contributed by atoms with Crippen LogP contribution in [0, 0.1) is 5.82 Å². The minimum absolute atomic E-state index is 0.0140. The molecule has 23 heavy (non-hydrogen) atoms. The number of ether oxygens (including phenoxy) is 1. The van der Waals surface area contributed by atoms with Crippen molar-refractivity contribution in [3.8, 4) is 0 Å². The van der Waals surface area contributed by atoms with Crippen LogP contribution in [0.5, 0.6) is 0 Å². The Morgan fingerprint density at radius 2 is 2.26 bits per heavy atom. The van der Waals surface area contributed by atoms with E-state index >= 15 is 0 Å². The highest BCUT2D eigenvalue weighted by Crippen LogP contribution is 2.26. The highest BCUT2D eigenvalue weighted by atomic mass is 35.5. The Morgan fingerprint density at radius 3 is 2.96 bits per heavy atom. The van der Waals surface area contributed by atoms with Crippen molar-refractivity contribution in [2.24, 2.45) is 0 Å². The first-order valence-corrected chi connectivity index (χ1v) is 7.66. The van der Waals surface area contributed by atoms with Crippen LogP contribution < -0.4 is 5.32 Å². The predicted molar refractivity (Wildman–Crippen MR) is 81.9 cm³/mol. The maximum atomic E-state index is 13.2. The van der Waals surface area contributed by atoms with Crippen molar-refractivity contribution in [1.82, 2.24) is 10.2 Å². The largest absolute Gasteiger partial charge is 0.481 e. The smallest absolute Gasteiger partial charge is 0.317 e. The lowest BCUT2D eigenvalue weighted by atomic mass is 10.1. The Hall–Kier alpha value is -1.86. The van der Waals surface area contributed by atoms with Gasteiger partial charge < -0.3 is 20.1 Å². The normalized spacial score (nSPS) is 17.8. The summed E-state index contributed by atoms with van der Waals surface area (Å²) >= 11 is 5.77. The minimum atomic E-state index is -0.890. The van der Waals surface area contributed by atoms with E-state index < -0.39 is 11.8 Å². The summed E-state index contributed by atoms with van der Waals surface area (Å²) < 4.78 is 18.8. The predicted octanol–water partition coefficient (Wildman–Crippen LogP) is 2.43. The standard InChI is InChI=1S/C15H18ClFN2O4/c16-11-8-10(3-4-12(11)17)13-9-19(6-7-23-13)15(22)18-5-1-2-14(20)21/h3-4,8,13H,1-2,5-7,9H2,(H,18,22)(H,20,21). The summed E-state index contributed by atoms with van der Waals surface area (Å²) in [6.07, 6.45) is 0.0225. The first kappa shape index (κ1) is 17.5. The van der Waals surface area contributed by atoms with E-state index in [1.54, 1.807) is 11.0 Å². The fourth-order valence-electron chi connectivity index (χ4n) is 2.29. The van der Waals surface area contributed by atoms with Gasteiger partial charge in [0, 0.05) is 19.5 Å². The molecule has 0 bridgehead atoms. The summed E-state index contributed by atoms with van der Waals surface area (Å²) in [6, 6.07) is 4.08. The minimum Gasteiger partial charge on any atom is -0.481 e. The van der Waals surface area contributed by atoms with Gasteiger partial charge in [-0.25, -0.2) is 9.18 Å². The molecule has 1 aliphatic rings. The Kier molecular flexibility index (Phi) is 6.18. The van der Waals surface area contributed by atoms with E-state index in [1.807, 2.05) is 0 Å². The quantitative estimate of drug-likeness (QED) is 0.804. The highest BCUT2D eigenvalue weighted by molar-refractivity contribution is 6.30. The van der Waals surface area contributed by atoms with Crippen molar-refractivity contribution in [2.75, 3.05) is 26.2 Å². The molecular formula is C15H18ClFN2O4. The summed E-state index contributed by atoms with van der Waals surface area (Å²) in [5.41, 5.74) is 0.708. The number of aliphatic carboxylic acids is 1. The molecule has 1 atom stereocenters. The fourth-order valence-corrected chi connectivity index (χ4v) is 2.48. The molecule has 1 saturated heterocycles. The van der Waals surface area contributed by atoms with Crippen LogP contribution in [0.25, 0.3) is 0 Å². The second-order valence-corrected chi connectivity index (χ2v) is 5.62. The van der Waals surface area contributed by atoms with Gasteiger partial charge in [0.15, 0.2) is 0 Å². The number of hydrogen-bond acceptors (Lipinski definition) is 3. The topological polar surface area (TPSA) is 78.9 Å². The molecule has 2 amide bonds. The van der Waals surface area contributed by atoms with Crippen molar-refractivity contribution in [1.29, 1.82) is 0 Å². The molecule has 0 radical (unpaired) electrons. The zero-order valence-electron chi connectivity index (χ0n) is 12.4. The van der Waals surface area contributed by atoms with Crippen molar-refractivity contribution >= 4 is 23.6 Å². The molecule has 0 spiro atoms. The van der Waals surface area contributed by atoms with E-state index in [9.17, 15) is 14.0 Å². The Morgan fingerprint density at radius 1 is 1.48 bits per heavy atom. The molecule has 1 aliphatic heterocycles. The summed E-state index contributed by atoms with van der Waals surface area (Å²) in [5, 5.41) is 11.3. The number of halogens is 2. The molecule has 126 valence electrons. The average Bonchev–Trinajstić information content (AvgIpc) is 2.54. The van der Waals surface area contributed by atoms with Crippen LogP contribution in [-0.2, 0) is 9.53 Å². The molecule has 8 heteroatoms.